The summed E-state index contributed by atoms with van der Waals surface area (Å²) < 4.78 is 0. The summed E-state index contributed by atoms with van der Waals surface area (Å²) >= 11 is 0. The zero-order valence-corrected chi connectivity index (χ0v) is 10.8. The Morgan fingerprint density at radius 1 is 1.41 bits per heavy atom. The number of carbonyl (C=O) groups is 1. The van der Waals surface area contributed by atoms with Crippen molar-refractivity contribution < 1.29 is 9.90 Å². The lowest BCUT2D eigenvalue weighted by atomic mass is 10.1. The maximum atomic E-state index is 11.2. The summed E-state index contributed by atoms with van der Waals surface area (Å²) in [6, 6.07) is 3.48. The van der Waals surface area contributed by atoms with Crippen LogP contribution in [0.25, 0.3) is 0 Å². The van der Waals surface area contributed by atoms with E-state index in [2.05, 4.69) is 18.8 Å². The number of rotatable bonds is 5. The van der Waals surface area contributed by atoms with E-state index in [0.29, 0.717) is 11.7 Å². The summed E-state index contributed by atoms with van der Waals surface area (Å²) in [6.07, 6.45) is 1.64. The van der Waals surface area contributed by atoms with Gasteiger partial charge in [0.25, 0.3) is 0 Å². The van der Waals surface area contributed by atoms with Crippen LogP contribution in [-0.4, -0.2) is 28.6 Å². The average molecular weight is 236 g/mol. The molecule has 0 saturated carbocycles. The van der Waals surface area contributed by atoms with Crippen LogP contribution in [0.1, 0.15) is 38.1 Å². The van der Waals surface area contributed by atoms with Crippen LogP contribution in [0.2, 0.25) is 0 Å². The molecule has 4 heteroatoms. The van der Waals surface area contributed by atoms with E-state index in [1.165, 1.54) is 0 Å². The molecule has 0 fully saturated rings. The highest BCUT2D eigenvalue weighted by Crippen LogP contribution is 2.20. The van der Waals surface area contributed by atoms with Crippen molar-refractivity contribution in [1.82, 2.24) is 4.98 Å². The molecule has 1 rings (SSSR count). The van der Waals surface area contributed by atoms with Gasteiger partial charge in [0.1, 0.15) is 11.4 Å². The van der Waals surface area contributed by atoms with Crippen LogP contribution in [0.3, 0.4) is 0 Å². The Morgan fingerprint density at radius 3 is 2.53 bits per heavy atom. The molecule has 0 aliphatic carbocycles. The summed E-state index contributed by atoms with van der Waals surface area (Å²) in [5.74, 6) is 0.0901. The van der Waals surface area contributed by atoms with Gasteiger partial charge in [0.2, 0.25) is 0 Å². The lowest BCUT2D eigenvalue weighted by molar-refractivity contribution is 0.0697. The van der Waals surface area contributed by atoms with Crippen molar-refractivity contribution in [3.05, 3.63) is 23.9 Å². The Labute approximate surface area is 102 Å². The Balaban J connectivity index is 3.13. The smallest absolute Gasteiger partial charge is 0.339 e. The first-order valence-corrected chi connectivity index (χ1v) is 5.88. The Kier molecular flexibility index (Phi) is 4.49. The maximum Gasteiger partial charge on any atom is 0.339 e. The van der Waals surface area contributed by atoms with Crippen LogP contribution in [0.15, 0.2) is 18.3 Å². The van der Waals surface area contributed by atoms with Gasteiger partial charge in [-0.05, 0) is 31.9 Å². The molecule has 4 nitrogen and oxygen atoms in total. The van der Waals surface area contributed by atoms with E-state index in [1.54, 1.807) is 18.3 Å². The normalized spacial score (nSPS) is 10.9. The van der Waals surface area contributed by atoms with Crippen molar-refractivity contribution in [2.45, 2.75) is 33.7 Å². The summed E-state index contributed by atoms with van der Waals surface area (Å²) in [4.78, 5) is 17.4. The first kappa shape index (κ1) is 13.5. The van der Waals surface area contributed by atoms with Crippen molar-refractivity contribution in [3.63, 3.8) is 0 Å². The molecule has 0 amide bonds. The van der Waals surface area contributed by atoms with Crippen LogP contribution in [0, 0.1) is 5.92 Å². The molecule has 94 valence electrons. The molecule has 0 aliphatic heterocycles. The molecule has 0 aromatic carbocycles. The highest BCUT2D eigenvalue weighted by Gasteiger charge is 2.19. The minimum absolute atomic E-state index is 0.227. The van der Waals surface area contributed by atoms with Crippen LogP contribution < -0.4 is 4.90 Å². The van der Waals surface area contributed by atoms with Crippen molar-refractivity contribution in [2.24, 2.45) is 5.92 Å². The topological polar surface area (TPSA) is 53.4 Å². The van der Waals surface area contributed by atoms with Gasteiger partial charge in [-0.2, -0.15) is 0 Å². The van der Waals surface area contributed by atoms with E-state index in [1.807, 2.05) is 18.7 Å². The molecule has 1 aromatic rings. The molecule has 0 radical (unpaired) electrons. The van der Waals surface area contributed by atoms with Crippen LogP contribution in [-0.2, 0) is 0 Å². The number of pyridine rings is 1. The molecule has 1 aromatic heterocycles. The van der Waals surface area contributed by atoms with E-state index in [-0.39, 0.29) is 11.6 Å². The average Bonchev–Trinajstić information content (AvgIpc) is 2.25. The second-order valence-electron chi connectivity index (χ2n) is 4.82. The third-order valence-electron chi connectivity index (χ3n) is 2.47. The Bertz CT molecular complexity index is 389. The highest BCUT2D eigenvalue weighted by atomic mass is 16.4. The largest absolute Gasteiger partial charge is 0.478 e. The van der Waals surface area contributed by atoms with E-state index in [0.717, 1.165) is 6.54 Å². The molecular weight excluding hydrogens is 216 g/mol. The van der Waals surface area contributed by atoms with E-state index >= 15 is 0 Å². The number of nitrogens with zero attached hydrogens (tertiary/aromatic N) is 2. The Hall–Kier alpha value is -1.58. The standard InChI is InChI=1S/C13H20N2O2/c1-9(2)8-15(10(3)4)12-11(13(16)17)6-5-7-14-12/h5-7,9-10H,8H2,1-4H3,(H,16,17). The molecular formula is C13H20N2O2. The summed E-state index contributed by atoms with van der Waals surface area (Å²) in [6.45, 7) is 9.11. The molecule has 1 N–H and O–H groups in total. The molecule has 1 heterocycles. The summed E-state index contributed by atoms with van der Waals surface area (Å²) in [5, 5.41) is 9.16. The van der Waals surface area contributed by atoms with Gasteiger partial charge in [-0.25, -0.2) is 9.78 Å². The number of aromatic nitrogens is 1. The molecule has 0 atom stereocenters. The van der Waals surface area contributed by atoms with Gasteiger partial charge in [-0.3, -0.25) is 0 Å². The highest BCUT2D eigenvalue weighted by molar-refractivity contribution is 5.93. The molecule has 17 heavy (non-hydrogen) atoms. The number of carboxylic acids is 1. The van der Waals surface area contributed by atoms with Gasteiger partial charge in [0.15, 0.2) is 0 Å². The number of hydrogen-bond acceptors (Lipinski definition) is 3. The molecule has 0 spiro atoms. The van der Waals surface area contributed by atoms with Crippen molar-refractivity contribution in [1.29, 1.82) is 0 Å². The fourth-order valence-corrected chi connectivity index (χ4v) is 1.73. The van der Waals surface area contributed by atoms with Gasteiger partial charge in [0, 0.05) is 18.8 Å². The number of carboxylic acid groups (broad SMARTS) is 1. The first-order valence-electron chi connectivity index (χ1n) is 5.88. The van der Waals surface area contributed by atoms with Gasteiger partial charge in [-0.1, -0.05) is 13.8 Å². The molecule has 0 bridgehead atoms. The molecule has 0 unspecified atom stereocenters. The number of anilines is 1. The van der Waals surface area contributed by atoms with Gasteiger partial charge >= 0.3 is 5.97 Å². The van der Waals surface area contributed by atoms with Gasteiger partial charge < -0.3 is 10.0 Å². The van der Waals surface area contributed by atoms with Crippen molar-refractivity contribution in [3.8, 4) is 0 Å². The predicted molar refractivity (Wildman–Crippen MR) is 68.5 cm³/mol. The minimum Gasteiger partial charge on any atom is -0.478 e. The van der Waals surface area contributed by atoms with Gasteiger partial charge in [0.05, 0.1) is 0 Å². The zero-order chi connectivity index (χ0) is 13.0. The molecule has 0 aliphatic rings. The number of hydrogen-bond donors (Lipinski definition) is 1. The second kappa shape index (κ2) is 5.66. The van der Waals surface area contributed by atoms with Crippen molar-refractivity contribution >= 4 is 11.8 Å². The second-order valence-corrected chi connectivity index (χ2v) is 4.82. The number of aromatic carboxylic acids is 1. The van der Waals surface area contributed by atoms with Crippen LogP contribution >= 0.6 is 0 Å². The Morgan fingerprint density at radius 2 is 2.06 bits per heavy atom. The lowest BCUT2D eigenvalue weighted by Crippen LogP contribution is -2.36. The summed E-state index contributed by atoms with van der Waals surface area (Å²) in [5.41, 5.74) is 0.266. The van der Waals surface area contributed by atoms with E-state index in [4.69, 9.17) is 5.11 Å². The third kappa shape index (κ3) is 3.44. The van der Waals surface area contributed by atoms with Crippen molar-refractivity contribution in [2.75, 3.05) is 11.4 Å². The third-order valence-corrected chi connectivity index (χ3v) is 2.47. The first-order chi connectivity index (χ1) is 7.93. The van der Waals surface area contributed by atoms with E-state index in [9.17, 15) is 4.79 Å². The monoisotopic (exact) mass is 236 g/mol. The fraction of sp³-hybridized carbons (Fsp3) is 0.538. The van der Waals surface area contributed by atoms with E-state index < -0.39 is 5.97 Å². The van der Waals surface area contributed by atoms with Crippen LogP contribution in [0.5, 0.6) is 0 Å². The maximum absolute atomic E-state index is 11.2. The fourth-order valence-electron chi connectivity index (χ4n) is 1.73. The lowest BCUT2D eigenvalue weighted by Gasteiger charge is -2.30. The predicted octanol–water partition coefficient (Wildman–Crippen LogP) is 2.65. The summed E-state index contributed by atoms with van der Waals surface area (Å²) in [7, 11) is 0. The zero-order valence-electron chi connectivity index (χ0n) is 10.8. The minimum atomic E-state index is -0.928. The van der Waals surface area contributed by atoms with Crippen LogP contribution in [0.4, 0.5) is 5.82 Å². The SMILES string of the molecule is CC(C)CN(c1ncccc1C(=O)O)C(C)C. The molecule has 0 saturated heterocycles. The quantitative estimate of drug-likeness (QED) is 0.854. The van der Waals surface area contributed by atoms with Gasteiger partial charge in [-0.15, -0.1) is 0 Å².